The summed E-state index contributed by atoms with van der Waals surface area (Å²) < 4.78 is 44.4. The highest BCUT2D eigenvalue weighted by molar-refractivity contribution is 6.31. The van der Waals surface area contributed by atoms with Crippen molar-refractivity contribution in [1.82, 2.24) is 29.5 Å². The van der Waals surface area contributed by atoms with Crippen LogP contribution >= 0.6 is 11.6 Å². The van der Waals surface area contributed by atoms with Crippen molar-refractivity contribution in [2.45, 2.75) is 12.7 Å². The van der Waals surface area contributed by atoms with Gasteiger partial charge in [0.15, 0.2) is 17.0 Å². The second kappa shape index (κ2) is 10.8. The van der Waals surface area contributed by atoms with Gasteiger partial charge in [-0.25, -0.2) is 14.8 Å². The summed E-state index contributed by atoms with van der Waals surface area (Å²) in [6.45, 7) is 3.20. The Morgan fingerprint density at radius 2 is 1.95 bits per heavy atom. The van der Waals surface area contributed by atoms with Crippen molar-refractivity contribution in [3.8, 4) is 5.69 Å². The highest BCUT2D eigenvalue weighted by atomic mass is 35.5. The van der Waals surface area contributed by atoms with E-state index in [0.29, 0.717) is 47.7 Å². The summed E-state index contributed by atoms with van der Waals surface area (Å²) in [6, 6.07) is 7.44. The van der Waals surface area contributed by atoms with Crippen LogP contribution in [0.3, 0.4) is 0 Å². The number of hydrogen-bond donors (Lipinski definition) is 3. The van der Waals surface area contributed by atoms with Crippen LogP contribution in [0.1, 0.15) is 5.82 Å². The lowest BCUT2D eigenvalue weighted by Crippen LogP contribution is -2.37. The summed E-state index contributed by atoms with van der Waals surface area (Å²) in [6.07, 6.45) is -0.0792. The van der Waals surface area contributed by atoms with E-state index in [-0.39, 0.29) is 0 Å². The largest absolute Gasteiger partial charge is 0.490 e. The fourth-order valence-corrected chi connectivity index (χ4v) is 3.96. The van der Waals surface area contributed by atoms with E-state index in [0.717, 1.165) is 35.6 Å². The maximum Gasteiger partial charge on any atom is 0.490 e. The summed E-state index contributed by atoms with van der Waals surface area (Å²) in [7, 11) is 0. The summed E-state index contributed by atoms with van der Waals surface area (Å²) in [5.74, 6) is -0.717. The highest BCUT2D eigenvalue weighted by Gasteiger charge is 2.38. The molecule has 1 saturated heterocycles. The second-order valence-electron chi connectivity index (χ2n) is 8.24. The molecule has 0 spiro atoms. The topological polar surface area (TPSA) is 147 Å². The molecule has 1 aliphatic heterocycles. The molecule has 16 heteroatoms. The van der Waals surface area contributed by atoms with Crippen LogP contribution in [0.15, 0.2) is 47.5 Å². The van der Waals surface area contributed by atoms with Crippen LogP contribution in [0.2, 0.25) is 5.02 Å². The normalized spacial score (nSPS) is 13.9. The third-order valence-corrected chi connectivity index (χ3v) is 5.86. The predicted molar refractivity (Wildman–Crippen MR) is 134 cm³/mol. The van der Waals surface area contributed by atoms with E-state index in [2.05, 4.69) is 25.2 Å². The van der Waals surface area contributed by atoms with Gasteiger partial charge in [0.1, 0.15) is 18.4 Å². The summed E-state index contributed by atoms with van der Waals surface area (Å²) in [5.41, 5.74) is 3.96. The van der Waals surface area contributed by atoms with Crippen LogP contribution < -0.4 is 10.2 Å². The van der Waals surface area contributed by atoms with Gasteiger partial charge in [-0.15, -0.1) is 0 Å². The van der Waals surface area contributed by atoms with E-state index in [1.807, 2.05) is 28.8 Å². The zero-order valence-corrected chi connectivity index (χ0v) is 20.7. The molecule has 0 amide bonds. The Morgan fingerprint density at radius 1 is 1.18 bits per heavy atom. The lowest BCUT2D eigenvalue weighted by molar-refractivity contribution is -0.192. The number of imidazole rings is 2. The van der Waals surface area contributed by atoms with Crippen molar-refractivity contribution in [2.75, 3.05) is 36.5 Å². The van der Waals surface area contributed by atoms with Gasteiger partial charge < -0.3 is 29.5 Å². The zero-order valence-electron chi connectivity index (χ0n) is 19.9. The number of rotatable bonds is 5. The van der Waals surface area contributed by atoms with E-state index in [4.69, 9.17) is 40.6 Å². The van der Waals surface area contributed by atoms with Crippen LogP contribution in [0.4, 0.5) is 24.9 Å². The van der Waals surface area contributed by atoms with Crippen molar-refractivity contribution in [1.29, 1.82) is 0 Å². The number of ether oxygens (including phenoxy) is 1. The number of alkyl halides is 3. The molecule has 5 aromatic rings. The molecule has 1 aromatic carbocycles. The van der Waals surface area contributed by atoms with Gasteiger partial charge in [-0.1, -0.05) is 11.6 Å². The van der Waals surface area contributed by atoms with Gasteiger partial charge in [0.25, 0.3) is 0 Å². The molecule has 0 bridgehead atoms. The lowest BCUT2D eigenvalue weighted by Gasteiger charge is -2.27. The monoisotopic (exact) mass is 564 g/mol. The molecule has 204 valence electrons. The molecule has 4 aromatic heterocycles. The number of carboxylic acids is 1. The predicted octanol–water partition coefficient (Wildman–Crippen LogP) is 4.02. The Morgan fingerprint density at radius 3 is 2.64 bits per heavy atom. The number of aromatic nitrogens is 6. The number of halogens is 4. The quantitative estimate of drug-likeness (QED) is 0.286. The molecule has 0 unspecified atom stereocenters. The molecule has 0 atom stereocenters. The highest BCUT2D eigenvalue weighted by Crippen LogP contribution is 2.26. The van der Waals surface area contributed by atoms with Crippen LogP contribution in [0.25, 0.3) is 27.9 Å². The van der Waals surface area contributed by atoms with Gasteiger partial charge in [-0.2, -0.15) is 23.1 Å². The third kappa shape index (κ3) is 5.88. The number of fused-ring (bicyclic) bond motifs is 2. The average molecular weight is 565 g/mol. The molecular formula is C23H20ClF3N8O4. The van der Waals surface area contributed by atoms with Crippen molar-refractivity contribution >= 4 is 51.5 Å². The third-order valence-electron chi connectivity index (χ3n) is 5.62. The fraction of sp³-hybridized carbons (Fsp3) is 0.261. The fourth-order valence-electron chi connectivity index (χ4n) is 3.79. The Hall–Kier alpha value is -4.37. The first-order valence-corrected chi connectivity index (χ1v) is 11.9. The van der Waals surface area contributed by atoms with Crippen LogP contribution in [-0.4, -0.2) is 73.0 Å². The Kier molecular flexibility index (Phi) is 7.26. The number of carboxylic acid groups (broad SMARTS) is 1. The number of H-pyrrole nitrogens is 1. The number of carbonyl (C=O) groups is 1. The molecule has 0 saturated carbocycles. The van der Waals surface area contributed by atoms with Crippen LogP contribution in [0.5, 0.6) is 0 Å². The Balaban J connectivity index is 0.000000392. The number of aromatic amines is 1. The first-order chi connectivity index (χ1) is 18.7. The first kappa shape index (κ1) is 26.2. The van der Waals surface area contributed by atoms with Crippen LogP contribution in [-0.2, 0) is 16.1 Å². The number of morpholine rings is 1. The summed E-state index contributed by atoms with van der Waals surface area (Å²) in [4.78, 5) is 33.1. The molecule has 12 nitrogen and oxygen atoms in total. The lowest BCUT2D eigenvalue weighted by atomic mass is 10.3. The van der Waals surface area contributed by atoms with Gasteiger partial charge in [0, 0.05) is 24.2 Å². The Bertz CT molecular complexity index is 1600. The summed E-state index contributed by atoms with van der Waals surface area (Å²) >= 11 is 6.09. The van der Waals surface area contributed by atoms with Gasteiger partial charge in [0.2, 0.25) is 5.95 Å². The molecule has 5 heterocycles. The molecule has 1 aliphatic rings. The molecule has 3 N–H and O–H groups in total. The Labute approximate surface area is 222 Å². The number of benzene rings is 1. The van der Waals surface area contributed by atoms with E-state index in [9.17, 15) is 13.2 Å². The standard InChI is InChI=1S/C21H19ClN8O2.C2HF3O2/c22-13-1-2-15-16(9-13)26-17(25-15)10-23-19-18-20(30(12-24-18)14-3-6-32-11-14)28-21(27-19)29-4-7-31-8-5-29;3-2(4,5)1(6)7/h1-3,6,9,11-12H,4-5,7-8,10H2,(H,25,26)(H,23,27,28);(H,6,7). The van der Waals surface area contributed by atoms with Crippen molar-refractivity contribution in [3.05, 3.63) is 54.0 Å². The molecule has 39 heavy (non-hydrogen) atoms. The average Bonchev–Trinajstić information content (AvgIpc) is 3.66. The van der Waals surface area contributed by atoms with E-state index in [1.54, 1.807) is 18.9 Å². The van der Waals surface area contributed by atoms with E-state index < -0.39 is 12.1 Å². The van der Waals surface area contributed by atoms with Crippen LogP contribution in [0, 0.1) is 0 Å². The van der Waals surface area contributed by atoms with Gasteiger partial charge in [0.05, 0.1) is 42.7 Å². The van der Waals surface area contributed by atoms with E-state index >= 15 is 0 Å². The smallest absolute Gasteiger partial charge is 0.475 e. The molecule has 0 aliphatic carbocycles. The first-order valence-electron chi connectivity index (χ1n) is 11.5. The van der Waals surface area contributed by atoms with Gasteiger partial charge in [-0.05, 0) is 18.2 Å². The number of anilines is 2. The minimum atomic E-state index is -5.08. The SMILES string of the molecule is Clc1ccc2nc(CNc3nc(N4CCOCC4)nc4c3ncn4-c3ccoc3)[nH]c2c1.O=C(O)C(F)(F)F. The number of aliphatic carboxylic acids is 1. The maximum absolute atomic E-state index is 10.6. The number of furan rings is 1. The zero-order chi connectivity index (χ0) is 27.6. The molecule has 0 radical (unpaired) electrons. The number of nitrogens with one attached hydrogen (secondary N) is 2. The van der Waals surface area contributed by atoms with E-state index in [1.165, 1.54) is 0 Å². The molecule has 1 fully saturated rings. The molecule has 6 rings (SSSR count). The number of nitrogens with zero attached hydrogens (tertiary/aromatic N) is 6. The van der Waals surface area contributed by atoms with Gasteiger partial charge in [-0.3, -0.25) is 4.57 Å². The second-order valence-corrected chi connectivity index (χ2v) is 8.68. The van der Waals surface area contributed by atoms with Crippen molar-refractivity contribution in [2.24, 2.45) is 0 Å². The number of hydrogen-bond acceptors (Lipinski definition) is 9. The summed E-state index contributed by atoms with van der Waals surface area (Å²) in [5, 5.41) is 11.2. The maximum atomic E-state index is 10.6. The minimum Gasteiger partial charge on any atom is -0.475 e. The van der Waals surface area contributed by atoms with Gasteiger partial charge >= 0.3 is 12.1 Å². The molecular weight excluding hydrogens is 545 g/mol. The van der Waals surface area contributed by atoms with Crippen molar-refractivity contribution < 1.29 is 32.2 Å². The minimum absolute atomic E-state index is 0.444. The van der Waals surface area contributed by atoms with Crippen molar-refractivity contribution in [3.63, 3.8) is 0 Å².